The third-order valence-electron chi connectivity index (χ3n) is 5.09. The third-order valence-corrected chi connectivity index (χ3v) is 5.09. The molecule has 122 valence electrons. The molecule has 0 saturated heterocycles. The van der Waals surface area contributed by atoms with Crippen LogP contribution in [0.5, 0.6) is 0 Å². The van der Waals surface area contributed by atoms with Gasteiger partial charge in [-0.2, -0.15) is 0 Å². The van der Waals surface area contributed by atoms with E-state index < -0.39 is 11.6 Å². The van der Waals surface area contributed by atoms with Crippen LogP contribution in [0.3, 0.4) is 0 Å². The molecule has 3 heteroatoms. The van der Waals surface area contributed by atoms with Crippen molar-refractivity contribution in [3.05, 3.63) is 95.1 Å². The Labute approximate surface area is 144 Å². The van der Waals surface area contributed by atoms with Crippen LogP contribution in [0.4, 0.5) is 8.78 Å². The van der Waals surface area contributed by atoms with Crippen molar-refractivity contribution in [2.75, 3.05) is 0 Å². The largest absolute Gasteiger partial charge is 0.336 e. The van der Waals surface area contributed by atoms with Crippen LogP contribution in [0, 0.1) is 11.6 Å². The van der Waals surface area contributed by atoms with Crippen LogP contribution < -0.4 is 0 Å². The Morgan fingerprint density at radius 2 is 1.52 bits per heavy atom. The van der Waals surface area contributed by atoms with E-state index in [9.17, 15) is 8.78 Å². The monoisotopic (exact) mass is 331 g/mol. The Kier molecular flexibility index (Phi) is 3.04. The number of aromatic nitrogens is 1. The summed E-state index contributed by atoms with van der Waals surface area (Å²) < 4.78 is 30.5. The highest BCUT2D eigenvalue weighted by Gasteiger charge is 2.26. The van der Waals surface area contributed by atoms with E-state index in [2.05, 4.69) is 22.8 Å². The first-order valence-corrected chi connectivity index (χ1v) is 8.35. The van der Waals surface area contributed by atoms with Crippen molar-refractivity contribution in [3.63, 3.8) is 0 Å². The number of nitrogens with zero attached hydrogens (tertiary/aromatic N) is 1. The van der Waals surface area contributed by atoms with Gasteiger partial charge in [0.1, 0.15) is 11.6 Å². The zero-order chi connectivity index (χ0) is 17.0. The van der Waals surface area contributed by atoms with Gasteiger partial charge >= 0.3 is 0 Å². The molecule has 0 atom stereocenters. The van der Waals surface area contributed by atoms with E-state index in [0.29, 0.717) is 0 Å². The van der Waals surface area contributed by atoms with Crippen molar-refractivity contribution >= 4 is 10.9 Å². The molecule has 0 amide bonds. The Morgan fingerprint density at radius 1 is 0.800 bits per heavy atom. The average Bonchev–Trinajstić information content (AvgIpc) is 3.14. The van der Waals surface area contributed by atoms with Gasteiger partial charge in [0.2, 0.25) is 0 Å². The highest BCUT2D eigenvalue weighted by atomic mass is 19.1. The van der Waals surface area contributed by atoms with Gasteiger partial charge in [-0.15, -0.1) is 0 Å². The molecule has 1 aliphatic carbocycles. The summed E-state index contributed by atoms with van der Waals surface area (Å²) in [6.07, 6.45) is 0.860. The first-order chi connectivity index (χ1) is 12.2. The zero-order valence-corrected chi connectivity index (χ0v) is 13.5. The Hall–Kier alpha value is -2.94. The lowest BCUT2D eigenvalue weighted by atomic mass is 10.1. The molecule has 0 N–H and O–H groups in total. The zero-order valence-electron chi connectivity index (χ0n) is 13.5. The minimum atomic E-state index is -0.502. The number of para-hydroxylation sites is 1. The second kappa shape index (κ2) is 5.28. The van der Waals surface area contributed by atoms with Crippen molar-refractivity contribution < 1.29 is 8.78 Å². The molecule has 0 radical (unpaired) electrons. The molecule has 0 fully saturated rings. The summed E-state index contributed by atoms with van der Waals surface area (Å²) in [4.78, 5) is 0. The molecule has 25 heavy (non-hydrogen) atoms. The number of fused-ring (bicyclic) bond motifs is 5. The summed E-state index contributed by atoms with van der Waals surface area (Å²) in [5.41, 5.74) is 5.87. The predicted molar refractivity (Wildman–Crippen MR) is 95.6 cm³/mol. The van der Waals surface area contributed by atoms with Crippen LogP contribution in [-0.4, -0.2) is 4.57 Å². The van der Waals surface area contributed by atoms with Crippen LogP contribution in [0.15, 0.2) is 66.7 Å². The summed E-state index contributed by atoms with van der Waals surface area (Å²) in [5, 5.41) is 1.16. The number of halogens is 2. The summed E-state index contributed by atoms with van der Waals surface area (Å²) in [7, 11) is 0. The molecular formula is C22H15F2N. The maximum absolute atomic E-state index is 14.2. The fourth-order valence-electron chi connectivity index (χ4n) is 3.96. The van der Waals surface area contributed by atoms with Crippen molar-refractivity contribution in [1.82, 2.24) is 4.57 Å². The molecule has 1 aromatic heterocycles. The van der Waals surface area contributed by atoms with Gasteiger partial charge in [0.25, 0.3) is 0 Å². The molecule has 1 heterocycles. The van der Waals surface area contributed by atoms with Crippen LogP contribution in [0.1, 0.15) is 16.7 Å². The van der Waals surface area contributed by atoms with Crippen molar-refractivity contribution in [2.24, 2.45) is 0 Å². The minimum absolute atomic E-state index is 0.107. The Bertz CT molecular complexity index is 1100. The fraction of sp³-hybridized carbons (Fsp3) is 0.0909. The standard InChI is InChI=1S/C22H15F2N/c23-19-9-5-10-20(24)18(19)13-25-21-11-4-3-8-16(21)17-12-14-6-1-2-7-15(14)22(17)25/h1-11H,12-13H2. The van der Waals surface area contributed by atoms with Crippen molar-refractivity contribution in [1.29, 1.82) is 0 Å². The van der Waals surface area contributed by atoms with Crippen LogP contribution in [-0.2, 0) is 13.0 Å². The Balaban J connectivity index is 1.80. The number of rotatable bonds is 2. The number of hydrogen-bond donors (Lipinski definition) is 0. The summed E-state index contributed by atoms with van der Waals surface area (Å²) in [6.45, 7) is 0.183. The van der Waals surface area contributed by atoms with Gasteiger partial charge in [-0.05, 0) is 29.3 Å². The maximum Gasteiger partial charge on any atom is 0.131 e. The van der Waals surface area contributed by atoms with Crippen molar-refractivity contribution in [3.8, 4) is 11.3 Å². The molecule has 1 aliphatic rings. The van der Waals surface area contributed by atoms with Crippen LogP contribution in [0.2, 0.25) is 0 Å². The molecule has 0 spiro atoms. The van der Waals surface area contributed by atoms with Gasteiger partial charge in [0.05, 0.1) is 12.2 Å². The van der Waals surface area contributed by atoms with E-state index in [-0.39, 0.29) is 12.1 Å². The van der Waals surface area contributed by atoms with E-state index in [1.165, 1.54) is 29.3 Å². The molecular weight excluding hydrogens is 316 g/mol. The van der Waals surface area contributed by atoms with Gasteiger partial charge in [-0.1, -0.05) is 48.5 Å². The highest BCUT2D eigenvalue weighted by Crippen LogP contribution is 2.43. The van der Waals surface area contributed by atoms with Gasteiger partial charge in [-0.3, -0.25) is 0 Å². The SMILES string of the molecule is Fc1cccc(F)c1Cn1c2c(c3ccccc31)Cc1ccccc1-2. The van der Waals surface area contributed by atoms with Crippen molar-refractivity contribution in [2.45, 2.75) is 13.0 Å². The quantitative estimate of drug-likeness (QED) is 0.400. The van der Waals surface area contributed by atoms with E-state index in [4.69, 9.17) is 0 Å². The lowest BCUT2D eigenvalue weighted by Gasteiger charge is -2.12. The average molecular weight is 331 g/mol. The Morgan fingerprint density at radius 3 is 2.36 bits per heavy atom. The summed E-state index contributed by atoms with van der Waals surface area (Å²) >= 11 is 0. The van der Waals surface area contributed by atoms with Gasteiger partial charge < -0.3 is 4.57 Å². The summed E-state index contributed by atoms with van der Waals surface area (Å²) in [6, 6.07) is 20.4. The molecule has 5 rings (SSSR count). The lowest BCUT2D eigenvalue weighted by molar-refractivity contribution is 0.547. The predicted octanol–water partition coefficient (Wildman–Crippen LogP) is 5.54. The van der Waals surface area contributed by atoms with E-state index in [1.807, 2.05) is 30.3 Å². The van der Waals surface area contributed by atoms with Crippen LogP contribution >= 0.6 is 0 Å². The van der Waals surface area contributed by atoms with Gasteiger partial charge in [0, 0.05) is 28.5 Å². The van der Waals surface area contributed by atoms with E-state index in [0.717, 1.165) is 28.6 Å². The molecule has 0 unspecified atom stereocenters. The second-order valence-electron chi connectivity index (χ2n) is 6.46. The van der Waals surface area contributed by atoms with Crippen LogP contribution in [0.25, 0.3) is 22.2 Å². The van der Waals surface area contributed by atoms with E-state index in [1.54, 1.807) is 0 Å². The summed E-state index contributed by atoms with van der Waals surface area (Å²) in [5.74, 6) is -1.00. The fourth-order valence-corrected chi connectivity index (χ4v) is 3.96. The number of benzene rings is 3. The maximum atomic E-state index is 14.2. The minimum Gasteiger partial charge on any atom is -0.336 e. The highest BCUT2D eigenvalue weighted by molar-refractivity contribution is 5.95. The topological polar surface area (TPSA) is 4.93 Å². The molecule has 4 aromatic rings. The first kappa shape index (κ1) is 14.4. The van der Waals surface area contributed by atoms with E-state index >= 15 is 0 Å². The normalized spacial score (nSPS) is 12.4. The van der Waals surface area contributed by atoms with Gasteiger partial charge in [-0.25, -0.2) is 8.78 Å². The third kappa shape index (κ3) is 2.05. The molecule has 0 bridgehead atoms. The molecule has 0 aliphatic heterocycles. The smallest absolute Gasteiger partial charge is 0.131 e. The second-order valence-corrected chi connectivity index (χ2v) is 6.46. The number of hydrogen-bond acceptors (Lipinski definition) is 0. The molecule has 3 aromatic carbocycles. The first-order valence-electron chi connectivity index (χ1n) is 8.35. The lowest BCUT2D eigenvalue weighted by Crippen LogP contribution is -2.06. The molecule has 1 nitrogen and oxygen atoms in total. The van der Waals surface area contributed by atoms with Gasteiger partial charge in [0.15, 0.2) is 0 Å². The molecule has 0 saturated carbocycles.